The monoisotopic (exact) mass is 250 g/mol. The SMILES string of the molecule is Cc1nc(C(=O)NCCC2CCC(C)CC2)n[nH]1. The van der Waals surface area contributed by atoms with E-state index in [-0.39, 0.29) is 11.7 Å². The predicted octanol–water partition coefficient (Wildman–Crippen LogP) is 2.06. The number of hydrogen-bond acceptors (Lipinski definition) is 3. The van der Waals surface area contributed by atoms with Crippen LogP contribution in [0.3, 0.4) is 0 Å². The topological polar surface area (TPSA) is 70.7 Å². The van der Waals surface area contributed by atoms with Crippen LogP contribution < -0.4 is 5.32 Å². The Morgan fingerprint density at radius 3 is 2.72 bits per heavy atom. The fourth-order valence-electron chi connectivity index (χ4n) is 2.53. The lowest BCUT2D eigenvalue weighted by Gasteiger charge is -2.25. The minimum atomic E-state index is -0.177. The predicted molar refractivity (Wildman–Crippen MR) is 69.2 cm³/mol. The average molecular weight is 250 g/mol. The second-order valence-electron chi connectivity index (χ2n) is 5.41. The lowest BCUT2D eigenvalue weighted by molar-refractivity contribution is 0.0939. The van der Waals surface area contributed by atoms with E-state index in [0.29, 0.717) is 5.82 Å². The molecule has 1 fully saturated rings. The molecule has 0 atom stereocenters. The van der Waals surface area contributed by atoms with Gasteiger partial charge in [-0.2, -0.15) is 0 Å². The summed E-state index contributed by atoms with van der Waals surface area (Å²) < 4.78 is 0. The van der Waals surface area contributed by atoms with Crippen LogP contribution in [-0.2, 0) is 0 Å². The second kappa shape index (κ2) is 5.98. The number of aromatic amines is 1. The first kappa shape index (κ1) is 13.1. The molecule has 0 saturated heterocycles. The molecule has 0 spiro atoms. The van der Waals surface area contributed by atoms with E-state index in [2.05, 4.69) is 27.4 Å². The van der Waals surface area contributed by atoms with Gasteiger partial charge in [-0.3, -0.25) is 9.89 Å². The van der Waals surface area contributed by atoms with Crippen LogP contribution in [-0.4, -0.2) is 27.6 Å². The Kier molecular flexibility index (Phi) is 4.33. The number of aromatic nitrogens is 3. The van der Waals surface area contributed by atoms with E-state index < -0.39 is 0 Å². The quantitative estimate of drug-likeness (QED) is 0.859. The van der Waals surface area contributed by atoms with Crippen molar-refractivity contribution in [2.75, 3.05) is 6.54 Å². The summed E-state index contributed by atoms with van der Waals surface area (Å²) in [6, 6.07) is 0. The molecule has 0 aromatic carbocycles. The van der Waals surface area contributed by atoms with Crippen LogP contribution in [0.4, 0.5) is 0 Å². The molecule has 1 amide bonds. The van der Waals surface area contributed by atoms with Gasteiger partial charge in [0, 0.05) is 6.54 Å². The number of hydrogen-bond donors (Lipinski definition) is 2. The molecule has 1 saturated carbocycles. The molecule has 0 unspecified atom stereocenters. The molecule has 5 nitrogen and oxygen atoms in total. The highest BCUT2D eigenvalue weighted by Gasteiger charge is 2.18. The number of rotatable bonds is 4. The summed E-state index contributed by atoms with van der Waals surface area (Å²) in [5.41, 5.74) is 0. The molecule has 1 aromatic heterocycles. The minimum Gasteiger partial charge on any atom is -0.349 e. The highest BCUT2D eigenvalue weighted by Crippen LogP contribution is 2.29. The van der Waals surface area contributed by atoms with Crippen LogP contribution in [0.25, 0.3) is 0 Å². The fraction of sp³-hybridized carbons (Fsp3) is 0.769. The van der Waals surface area contributed by atoms with Crippen molar-refractivity contribution in [3.8, 4) is 0 Å². The number of aryl methyl sites for hydroxylation is 1. The van der Waals surface area contributed by atoms with Crippen molar-refractivity contribution in [2.45, 2.75) is 46.0 Å². The van der Waals surface area contributed by atoms with Crippen molar-refractivity contribution >= 4 is 5.91 Å². The Bertz CT molecular complexity index is 393. The molecule has 0 bridgehead atoms. The van der Waals surface area contributed by atoms with Gasteiger partial charge in [-0.25, -0.2) is 4.98 Å². The third-order valence-electron chi connectivity index (χ3n) is 3.77. The number of H-pyrrole nitrogens is 1. The van der Waals surface area contributed by atoms with E-state index in [9.17, 15) is 4.79 Å². The highest BCUT2D eigenvalue weighted by molar-refractivity contribution is 5.90. The van der Waals surface area contributed by atoms with Gasteiger partial charge in [0.1, 0.15) is 5.82 Å². The van der Waals surface area contributed by atoms with Gasteiger partial charge in [0.05, 0.1) is 0 Å². The zero-order valence-corrected chi connectivity index (χ0v) is 11.2. The van der Waals surface area contributed by atoms with Gasteiger partial charge >= 0.3 is 0 Å². The Hall–Kier alpha value is -1.39. The molecule has 18 heavy (non-hydrogen) atoms. The molecular weight excluding hydrogens is 228 g/mol. The van der Waals surface area contributed by atoms with E-state index in [4.69, 9.17) is 0 Å². The maximum absolute atomic E-state index is 11.7. The maximum Gasteiger partial charge on any atom is 0.290 e. The molecule has 0 radical (unpaired) electrons. The zero-order chi connectivity index (χ0) is 13.0. The maximum atomic E-state index is 11.7. The molecule has 2 N–H and O–H groups in total. The lowest BCUT2D eigenvalue weighted by atomic mass is 9.81. The number of carbonyl (C=O) groups is 1. The number of amides is 1. The van der Waals surface area contributed by atoms with E-state index in [1.165, 1.54) is 25.7 Å². The zero-order valence-electron chi connectivity index (χ0n) is 11.2. The smallest absolute Gasteiger partial charge is 0.290 e. The summed E-state index contributed by atoms with van der Waals surface area (Å²) in [6.07, 6.45) is 6.34. The van der Waals surface area contributed by atoms with E-state index >= 15 is 0 Å². The van der Waals surface area contributed by atoms with Gasteiger partial charge in [-0.1, -0.05) is 32.6 Å². The van der Waals surface area contributed by atoms with E-state index in [1.54, 1.807) is 6.92 Å². The van der Waals surface area contributed by atoms with Crippen molar-refractivity contribution in [1.29, 1.82) is 0 Å². The number of nitrogens with one attached hydrogen (secondary N) is 2. The fourth-order valence-corrected chi connectivity index (χ4v) is 2.53. The first-order valence-electron chi connectivity index (χ1n) is 6.82. The third-order valence-corrected chi connectivity index (χ3v) is 3.77. The Morgan fingerprint density at radius 1 is 1.39 bits per heavy atom. The third kappa shape index (κ3) is 3.55. The molecule has 1 aliphatic rings. The van der Waals surface area contributed by atoms with Crippen LogP contribution in [0, 0.1) is 18.8 Å². The summed E-state index contributed by atoms with van der Waals surface area (Å²) in [4.78, 5) is 15.7. The summed E-state index contributed by atoms with van der Waals surface area (Å²) in [5, 5.41) is 9.40. The van der Waals surface area contributed by atoms with Gasteiger partial charge in [-0.05, 0) is 25.2 Å². The van der Waals surface area contributed by atoms with Crippen molar-refractivity contribution in [3.63, 3.8) is 0 Å². The van der Waals surface area contributed by atoms with E-state index in [1.807, 2.05) is 0 Å². The van der Waals surface area contributed by atoms with Crippen LogP contribution in [0.1, 0.15) is 55.5 Å². The van der Waals surface area contributed by atoms with Gasteiger partial charge < -0.3 is 5.32 Å². The average Bonchev–Trinajstić information content (AvgIpc) is 2.78. The van der Waals surface area contributed by atoms with Crippen LogP contribution in [0.5, 0.6) is 0 Å². The summed E-state index contributed by atoms with van der Waals surface area (Å²) in [7, 11) is 0. The summed E-state index contributed by atoms with van der Waals surface area (Å²) in [5.74, 6) is 2.39. The normalized spacial score (nSPS) is 23.9. The largest absolute Gasteiger partial charge is 0.349 e. The van der Waals surface area contributed by atoms with Crippen LogP contribution in [0.15, 0.2) is 0 Å². The first-order chi connectivity index (χ1) is 8.65. The van der Waals surface area contributed by atoms with Gasteiger partial charge in [0.25, 0.3) is 5.91 Å². The van der Waals surface area contributed by atoms with Gasteiger partial charge in [-0.15, -0.1) is 5.10 Å². The highest BCUT2D eigenvalue weighted by atomic mass is 16.2. The number of nitrogens with zero attached hydrogens (tertiary/aromatic N) is 2. The van der Waals surface area contributed by atoms with Crippen LogP contribution in [0.2, 0.25) is 0 Å². The second-order valence-corrected chi connectivity index (χ2v) is 5.41. The molecule has 1 heterocycles. The Morgan fingerprint density at radius 2 is 2.11 bits per heavy atom. The molecular formula is C13H22N4O. The molecule has 100 valence electrons. The van der Waals surface area contributed by atoms with E-state index in [0.717, 1.165) is 24.8 Å². The van der Waals surface area contributed by atoms with Crippen molar-refractivity contribution in [1.82, 2.24) is 20.5 Å². The summed E-state index contributed by atoms with van der Waals surface area (Å²) >= 11 is 0. The van der Waals surface area contributed by atoms with Crippen LogP contribution >= 0.6 is 0 Å². The number of carbonyl (C=O) groups excluding carboxylic acids is 1. The van der Waals surface area contributed by atoms with Crippen molar-refractivity contribution in [2.24, 2.45) is 11.8 Å². The molecule has 1 aromatic rings. The molecule has 5 heteroatoms. The lowest BCUT2D eigenvalue weighted by Crippen LogP contribution is -2.27. The summed E-state index contributed by atoms with van der Waals surface area (Å²) in [6.45, 7) is 4.84. The Balaban J connectivity index is 1.67. The minimum absolute atomic E-state index is 0.177. The van der Waals surface area contributed by atoms with Crippen molar-refractivity contribution in [3.05, 3.63) is 11.6 Å². The Labute approximate surface area is 108 Å². The first-order valence-corrected chi connectivity index (χ1v) is 6.82. The standard InChI is InChI=1S/C13H22N4O/c1-9-3-5-11(6-4-9)7-8-14-13(18)12-15-10(2)16-17-12/h9,11H,3-8H2,1-2H3,(H,14,18)(H,15,16,17). The molecule has 2 rings (SSSR count). The van der Waals surface area contributed by atoms with Gasteiger partial charge in [0.15, 0.2) is 0 Å². The molecule has 1 aliphatic carbocycles. The van der Waals surface area contributed by atoms with Gasteiger partial charge in [0.2, 0.25) is 5.82 Å². The van der Waals surface area contributed by atoms with Crippen molar-refractivity contribution < 1.29 is 4.79 Å². The molecule has 0 aliphatic heterocycles.